The summed E-state index contributed by atoms with van der Waals surface area (Å²) in [6.45, 7) is 0.663. The molecule has 1 saturated heterocycles. The maximum atomic E-state index is 11.3. The quantitative estimate of drug-likeness (QED) is 0.859. The van der Waals surface area contributed by atoms with Crippen molar-refractivity contribution in [2.24, 2.45) is 0 Å². The normalized spacial score (nSPS) is 22.1. The van der Waals surface area contributed by atoms with Crippen LogP contribution in [0.1, 0.15) is 6.42 Å². The number of hydrogen-bond acceptors (Lipinski definition) is 4. The minimum Gasteiger partial charge on any atom is -0.489 e. The number of nitrogens with one attached hydrogen (secondary N) is 1. The fourth-order valence-electron chi connectivity index (χ4n) is 1.82. The molecule has 2 atom stereocenters. The van der Waals surface area contributed by atoms with Crippen molar-refractivity contribution in [3.8, 4) is 5.75 Å². The monoisotopic (exact) mass is 335 g/mol. The van der Waals surface area contributed by atoms with Crippen LogP contribution in [0.2, 0.25) is 0 Å². The molecule has 0 amide bonds. The van der Waals surface area contributed by atoms with Crippen LogP contribution in [0.25, 0.3) is 0 Å². The average Bonchev–Trinajstić information content (AvgIpc) is 2.80. The molecule has 0 radical (unpaired) electrons. The largest absolute Gasteiger partial charge is 0.489 e. The molecule has 6 heteroatoms. The maximum Gasteiger partial charge on any atom is 0.323 e. The Balaban J connectivity index is 0.00000162. The maximum absolute atomic E-state index is 11.3. The molecule has 1 heterocycles. The molecule has 0 bridgehead atoms. The van der Waals surface area contributed by atoms with Gasteiger partial charge in [-0.2, -0.15) is 0 Å². The third-order valence-electron chi connectivity index (χ3n) is 2.69. The van der Waals surface area contributed by atoms with E-state index >= 15 is 0 Å². The highest BCUT2D eigenvalue weighted by molar-refractivity contribution is 9.10. The number of esters is 1. The fourth-order valence-corrected chi connectivity index (χ4v) is 2.08. The smallest absolute Gasteiger partial charge is 0.323 e. The molecule has 0 spiro atoms. The van der Waals surface area contributed by atoms with Crippen molar-refractivity contribution in [1.29, 1.82) is 0 Å². The standard InChI is InChI=1S/C12H14BrNO3.ClH/c1-16-12(15)11-6-10(7-14-11)17-9-4-2-8(13)3-5-9;/h2-5,10-11,14H,6-7H2,1H3;1H. The lowest BCUT2D eigenvalue weighted by Crippen LogP contribution is -2.31. The Labute approximate surface area is 121 Å². The van der Waals surface area contributed by atoms with Crippen molar-refractivity contribution in [2.45, 2.75) is 18.6 Å². The van der Waals surface area contributed by atoms with E-state index in [1.54, 1.807) is 0 Å². The van der Waals surface area contributed by atoms with Gasteiger partial charge in [0.25, 0.3) is 0 Å². The number of hydrogen-bond donors (Lipinski definition) is 1. The number of carbonyl (C=O) groups excluding carboxylic acids is 1. The van der Waals surface area contributed by atoms with Gasteiger partial charge in [-0.3, -0.25) is 4.79 Å². The summed E-state index contributed by atoms with van der Waals surface area (Å²) in [5.41, 5.74) is 0. The summed E-state index contributed by atoms with van der Waals surface area (Å²) in [6, 6.07) is 7.40. The van der Waals surface area contributed by atoms with Gasteiger partial charge < -0.3 is 14.8 Å². The third kappa shape index (κ3) is 3.86. The molecule has 100 valence electrons. The van der Waals surface area contributed by atoms with E-state index in [4.69, 9.17) is 4.74 Å². The number of halogens is 2. The molecule has 1 aliphatic rings. The number of benzene rings is 1. The Kier molecular flexibility index (Phi) is 5.91. The Morgan fingerprint density at radius 1 is 1.39 bits per heavy atom. The van der Waals surface area contributed by atoms with E-state index in [-0.39, 0.29) is 30.5 Å². The minimum absolute atomic E-state index is 0. The van der Waals surface area contributed by atoms with Crippen molar-refractivity contribution < 1.29 is 14.3 Å². The van der Waals surface area contributed by atoms with Crippen molar-refractivity contribution in [1.82, 2.24) is 5.32 Å². The molecule has 4 nitrogen and oxygen atoms in total. The third-order valence-corrected chi connectivity index (χ3v) is 3.22. The molecule has 1 aromatic rings. The van der Waals surface area contributed by atoms with Crippen LogP contribution in [0, 0.1) is 0 Å². The first-order chi connectivity index (χ1) is 8.19. The highest BCUT2D eigenvalue weighted by Gasteiger charge is 2.31. The van der Waals surface area contributed by atoms with Gasteiger partial charge in [0.1, 0.15) is 17.9 Å². The van der Waals surface area contributed by atoms with Crippen LogP contribution in [0.15, 0.2) is 28.7 Å². The fraction of sp³-hybridized carbons (Fsp3) is 0.417. The Morgan fingerprint density at radius 3 is 2.67 bits per heavy atom. The minimum atomic E-state index is -0.250. The van der Waals surface area contributed by atoms with Gasteiger partial charge >= 0.3 is 5.97 Å². The first-order valence-corrected chi connectivity index (χ1v) is 6.22. The molecule has 18 heavy (non-hydrogen) atoms. The van der Waals surface area contributed by atoms with E-state index in [0.29, 0.717) is 13.0 Å². The predicted molar refractivity (Wildman–Crippen MR) is 74.2 cm³/mol. The van der Waals surface area contributed by atoms with Gasteiger partial charge in [-0.15, -0.1) is 12.4 Å². The molecule has 0 saturated carbocycles. The number of ether oxygens (including phenoxy) is 2. The van der Waals surface area contributed by atoms with Gasteiger partial charge in [0.05, 0.1) is 7.11 Å². The molecule has 1 aromatic carbocycles. The second-order valence-corrected chi connectivity index (χ2v) is 4.83. The van der Waals surface area contributed by atoms with Crippen LogP contribution in [0.5, 0.6) is 5.75 Å². The van der Waals surface area contributed by atoms with E-state index < -0.39 is 0 Å². The summed E-state index contributed by atoms with van der Waals surface area (Å²) >= 11 is 3.37. The molecule has 1 fully saturated rings. The first-order valence-electron chi connectivity index (χ1n) is 5.42. The van der Waals surface area contributed by atoms with Crippen LogP contribution in [0.3, 0.4) is 0 Å². The van der Waals surface area contributed by atoms with E-state index in [0.717, 1.165) is 10.2 Å². The van der Waals surface area contributed by atoms with Gasteiger partial charge in [-0.25, -0.2) is 0 Å². The topological polar surface area (TPSA) is 47.6 Å². The summed E-state index contributed by atoms with van der Waals surface area (Å²) in [6.07, 6.45) is 0.656. The zero-order valence-electron chi connectivity index (χ0n) is 9.89. The number of rotatable bonds is 3. The van der Waals surface area contributed by atoms with Crippen LogP contribution in [0.4, 0.5) is 0 Å². The van der Waals surface area contributed by atoms with Crippen LogP contribution < -0.4 is 10.1 Å². The summed E-state index contributed by atoms with van der Waals surface area (Å²) < 4.78 is 11.5. The van der Waals surface area contributed by atoms with Gasteiger partial charge in [0, 0.05) is 17.4 Å². The highest BCUT2D eigenvalue weighted by Crippen LogP contribution is 2.20. The molecule has 2 rings (SSSR count). The summed E-state index contributed by atoms with van der Waals surface area (Å²) in [5, 5.41) is 3.08. The Morgan fingerprint density at radius 2 is 2.06 bits per heavy atom. The van der Waals surface area contributed by atoms with Crippen LogP contribution in [-0.2, 0) is 9.53 Å². The van der Waals surface area contributed by atoms with Crippen molar-refractivity contribution in [3.63, 3.8) is 0 Å². The Bertz CT molecular complexity index is 399. The van der Waals surface area contributed by atoms with Crippen LogP contribution in [-0.4, -0.2) is 31.8 Å². The second-order valence-electron chi connectivity index (χ2n) is 3.91. The van der Waals surface area contributed by atoms with E-state index in [9.17, 15) is 4.79 Å². The number of carbonyl (C=O) groups is 1. The summed E-state index contributed by atoms with van der Waals surface area (Å²) in [4.78, 5) is 11.3. The lowest BCUT2D eigenvalue weighted by atomic mass is 10.2. The summed E-state index contributed by atoms with van der Waals surface area (Å²) in [7, 11) is 1.40. The lowest BCUT2D eigenvalue weighted by Gasteiger charge is -2.12. The van der Waals surface area contributed by atoms with Gasteiger partial charge in [-0.1, -0.05) is 15.9 Å². The van der Waals surface area contributed by atoms with Gasteiger partial charge in [0.2, 0.25) is 0 Å². The van der Waals surface area contributed by atoms with Crippen LogP contribution >= 0.6 is 28.3 Å². The molecule has 0 aliphatic carbocycles. The SMILES string of the molecule is COC(=O)C1CC(Oc2ccc(Br)cc2)CN1.Cl. The molecule has 0 aromatic heterocycles. The van der Waals surface area contributed by atoms with E-state index in [2.05, 4.69) is 26.0 Å². The van der Waals surface area contributed by atoms with Crippen molar-refractivity contribution in [3.05, 3.63) is 28.7 Å². The predicted octanol–water partition coefficient (Wildman–Crippen LogP) is 2.15. The van der Waals surface area contributed by atoms with Gasteiger partial charge in [0.15, 0.2) is 0 Å². The lowest BCUT2D eigenvalue weighted by molar-refractivity contribution is -0.142. The molecule has 1 aliphatic heterocycles. The van der Waals surface area contributed by atoms with Crippen molar-refractivity contribution in [2.75, 3.05) is 13.7 Å². The molecular formula is C12H15BrClNO3. The zero-order valence-corrected chi connectivity index (χ0v) is 12.3. The van der Waals surface area contributed by atoms with E-state index in [1.165, 1.54) is 7.11 Å². The highest BCUT2D eigenvalue weighted by atomic mass is 79.9. The molecule has 1 N–H and O–H groups in total. The zero-order chi connectivity index (χ0) is 12.3. The van der Waals surface area contributed by atoms with E-state index in [1.807, 2.05) is 24.3 Å². The first kappa shape index (κ1) is 15.3. The molecular weight excluding hydrogens is 321 g/mol. The number of methoxy groups -OCH3 is 1. The van der Waals surface area contributed by atoms with Gasteiger partial charge in [-0.05, 0) is 24.3 Å². The van der Waals surface area contributed by atoms with Crippen molar-refractivity contribution >= 4 is 34.3 Å². The summed E-state index contributed by atoms with van der Waals surface area (Å²) in [5.74, 6) is 0.581. The Hall–Kier alpha value is -0.780. The average molecular weight is 337 g/mol. The second kappa shape index (κ2) is 6.97. The molecule has 2 unspecified atom stereocenters.